The van der Waals surface area contributed by atoms with E-state index in [0.29, 0.717) is 16.1 Å². The van der Waals surface area contributed by atoms with Crippen LogP contribution in [-0.2, 0) is 0 Å². The van der Waals surface area contributed by atoms with Gasteiger partial charge in [-0.1, -0.05) is 17.7 Å². The molecule has 0 saturated carbocycles. The van der Waals surface area contributed by atoms with Crippen LogP contribution in [0.5, 0.6) is 0 Å². The van der Waals surface area contributed by atoms with Gasteiger partial charge in [-0.2, -0.15) is 5.26 Å². The molecule has 0 aliphatic rings. The second kappa shape index (κ2) is 5.09. The van der Waals surface area contributed by atoms with Crippen molar-refractivity contribution < 1.29 is 14.3 Å². The Morgan fingerprint density at radius 1 is 1.21 bits per heavy atom. The van der Waals surface area contributed by atoms with Crippen molar-refractivity contribution in [3.63, 3.8) is 0 Å². The summed E-state index contributed by atoms with van der Waals surface area (Å²) in [6.07, 6.45) is 0. The molecule has 2 aromatic carbocycles. The molecule has 0 aliphatic heterocycles. The van der Waals surface area contributed by atoms with Gasteiger partial charge < -0.3 is 5.11 Å². The smallest absolute Gasteiger partial charge is 0.335 e. The predicted octanol–water partition coefficient (Wildman–Crippen LogP) is 3.72. The van der Waals surface area contributed by atoms with Crippen LogP contribution in [-0.4, -0.2) is 11.1 Å². The summed E-state index contributed by atoms with van der Waals surface area (Å²) in [5, 5.41) is 18.1. The number of carboxylic acid groups (broad SMARTS) is 1. The van der Waals surface area contributed by atoms with Crippen LogP contribution in [0.2, 0.25) is 5.02 Å². The molecule has 0 fully saturated rings. The topological polar surface area (TPSA) is 61.1 Å². The van der Waals surface area contributed by atoms with Gasteiger partial charge in [0.05, 0.1) is 16.1 Å². The van der Waals surface area contributed by atoms with Crippen LogP contribution in [0.15, 0.2) is 36.4 Å². The number of hydrogen-bond acceptors (Lipinski definition) is 2. The number of benzene rings is 2. The summed E-state index contributed by atoms with van der Waals surface area (Å²) < 4.78 is 13.4. The van der Waals surface area contributed by atoms with Crippen LogP contribution < -0.4 is 0 Å². The van der Waals surface area contributed by atoms with Gasteiger partial charge in [-0.05, 0) is 41.5 Å². The minimum atomic E-state index is -1.21. The van der Waals surface area contributed by atoms with Crippen LogP contribution in [0.3, 0.4) is 0 Å². The zero-order valence-corrected chi connectivity index (χ0v) is 10.3. The molecule has 94 valence electrons. The average Bonchev–Trinajstić information content (AvgIpc) is 2.38. The van der Waals surface area contributed by atoms with Crippen molar-refractivity contribution in [2.24, 2.45) is 0 Å². The third-order valence-electron chi connectivity index (χ3n) is 2.56. The fourth-order valence-corrected chi connectivity index (χ4v) is 1.83. The molecule has 0 saturated heterocycles. The third kappa shape index (κ3) is 2.72. The predicted molar refractivity (Wildman–Crippen MR) is 68.5 cm³/mol. The van der Waals surface area contributed by atoms with Crippen molar-refractivity contribution in [1.82, 2.24) is 0 Å². The lowest BCUT2D eigenvalue weighted by Gasteiger charge is -2.05. The highest BCUT2D eigenvalue weighted by Gasteiger charge is 2.10. The van der Waals surface area contributed by atoms with E-state index in [0.717, 1.165) is 6.07 Å². The quantitative estimate of drug-likeness (QED) is 0.909. The van der Waals surface area contributed by atoms with Crippen molar-refractivity contribution in [3.05, 3.63) is 58.4 Å². The van der Waals surface area contributed by atoms with Gasteiger partial charge in [0.15, 0.2) is 0 Å². The minimum absolute atomic E-state index is 0.150. The minimum Gasteiger partial charge on any atom is -0.478 e. The number of halogens is 2. The second-order valence-electron chi connectivity index (χ2n) is 3.84. The molecule has 0 atom stereocenters. The van der Waals surface area contributed by atoms with Crippen molar-refractivity contribution in [3.8, 4) is 17.2 Å². The van der Waals surface area contributed by atoms with Crippen molar-refractivity contribution in [2.45, 2.75) is 0 Å². The van der Waals surface area contributed by atoms with E-state index >= 15 is 0 Å². The van der Waals surface area contributed by atoms with Crippen LogP contribution >= 0.6 is 11.6 Å². The molecule has 0 amide bonds. The maximum atomic E-state index is 13.4. The Hall–Kier alpha value is -2.38. The molecule has 0 spiro atoms. The molecule has 19 heavy (non-hydrogen) atoms. The Morgan fingerprint density at radius 3 is 2.58 bits per heavy atom. The van der Waals surface area contributed by atoms with E-state index < -0.39 is 11.8 Å². The Bertz CT molecular complexity index is 707. The van der Waals surface area contributed by atoms with Gasteiger partial charge in [-0.15, -0.1) is 0 Å². The summed E-state index contributed by atoms with van der Waals surface area (Å²) in [5.74, 6) is -1.86. The van der Waals surface area contributed by atoms with Crippen molar-refractivity contribution in [2.75, 3.05) is 0 Å². The standard InChI is InChI=1S/C14H7ClFNO2/c15-13-2-1-8(3-11(13)7-17)9-4-10(14(18)19)6-12(16)5-9/h1-6H,(H,18,19). The summed E-state index contributed by atoms with van der Waals surface area (Å²) in [7, 11) is 0. The van der Waals surface area contributed by atoms with E-state index in [1.54, 1.807) is 6.07 Å². The largest absolute Gasteiger partial charge is 0.478 e. The number of hydrogen-bond donors (Lipinski definition) is 1. The molecule has 3 nitrogen and oxygen atoms in total. The van der Waals surface area contributed by atoms with Gasteiger partial charge in [-0.25, -0.2) is 9.18 Å². The van der Waals surface area contributed by atoms with Crippen LogP contribution in [0.1, 0.15) is 15.9 Å². The fraction of sp³-hybridized carbons (Fsp3) is 0. The molecule has 0 aromatic heterocycles. The fourth-order valence-electron chi connectivity index (χ4n) is 1.67. The first-order valence-electron chi connectivity index (χ1n) is 5.25. The molecule has 5 heteroatoms. The highest BCUT2D eigenvalue weighted by Crippen LogP contribution is 2.26. The average molecular weight is 276 g/mol. The van der Waals surface area contributed by atoms with Crippen LogP contribution in [0.25, 0.3) is 11.1 Å². The van der Waals surface area contributed by atoms with E-state index in [1.807, 2.05) is 6.07 Å². The van der Waals surface area contributed by atoms with Gasteiger partial charge in [0.2, 0.25) is 0 Å². The van der Waals surface area contributed by atoms with Gasteiger partial charge in [0.25, 0.3) is 0 Å². The Morgan fingerprint density at radius 2 is 1.95 bits per heavy atom. The molecule has 0 unspecified atom stereocenters. The van der Waals surface area contributed by atoms with E-state index in [-0.39, 0.29) is 11.1 Å². The molecule has 2 aromatic rings. The van der Waals surface area contributed by atoms with Crippen LogP contribution in [0, 0.1) is 17.1 Å². The lowest BCUT2D eigenvalue weighted by molar-refractivity contribution is 0.0696. The third-order valence-corrected chi connectivity index (χ3v) is 2.89. The van der Waals surface area contributed by atoms with Crippen molar-refractivity contribution >= 4 is 17.6 Å². The number of aromatic carboxylic acids is 1. The highest BCUT2D eigenvalue weighted by atomic mass is 35.5. The first-order valence-corrected chi connectivity index (χ1v) is 5.63. The van der Waals surface area contributed by atoms with E-state index in [2.05, 4.69) is 0 Å². The van der Waals surface area contributed by atoms with Gasteiger partial charge in [0, 0.05) is 0 Å². The number of nitrogens with zero attached hydrogens (tertiary/aromatic N) is 1. The lowest BCUT2D eigenvalue weighted by Crippen LogP contribution is -1.97. The summed E-state index contributed by atoms with van der Waals surface area (Å²) in [6.45, 7) is 0. The van der Waals surface area contributed by atoms with Gasteiger partial charge in [0.1, 0.15) is 11.9 Å². The summed E-state index contributed by atoms with van der Waals surface area (Å²) in [5.41, 5.74) is 1.01. The molecular weight excluding hydrogens is 269 g/mol. The Balaban J connectivity index is 2.59. The van der Waals surface area contributed by atoms with E-state index in [1.165, 1.54) is 24.3 Å². The summed E-state index contributed by atoms with van der Waals surface area (Å²) in [4.78, 5) is 10.9. The summed E-state index contributed by atoms with van der Waals surface area (Å²) >= 11 is 5.81. The van der Waals surface area contributed by atoms with Crippen LogP contribution in [0.4, 0.5) is 4.39 Å². The number of nitriles is 1. The first kappa shape index (κ1) is 13.1. The zero-order valence-electron chi connectivity index (χ0n) is 9.52. The number of rotatable bonds is 2. The maximum Gasteiger partial charge on any atom is 0.335 e. The molecule has 0 radical (unpaired) electrons. The zero-order chi connectivity index (χ0) is 14.0. The summed E-state index contributed by atoms with van der Waals surface area (Å²) in [6, 6.07) is 10.0. The molecular formula is C14H7ClFNO2. The monoisotopic (exact) mass is 275 g/mol. The molecule has 0 aliphatic carbocycles. The molecule has 0 heterocycles. The molecule has 0 bridgehead atoms. The second-order valence-corrected chi connectivity index (χ2v) is 4.25. The Labute approximate surface area is 113 Å². The number of carbonyl (C=O) groups is 1. The van der Waals surface area contributed by atoms with Crippen molar-refractivity contribution in [1.29, 1.82) is 5.26 Å². The molecule has 2 rings (SSSR count). The Kier molecular flexibility index (Phi) is 3.50. The highest BCUT2D eigenvalue weighted by molar-refractivity contribution is 6.31. The normalized spacial score (nSPS) is 9.95. The van der Waals surface area contributed by atoms with E-state index in [4.69, 9.17) is 22.0 Å². The molecule has 1 N–H and O–H groups in total. The lowest BCUT2D eigenvalue weighted by atomic mass is 10.0. The first-order chi connectivity index (χ1) is 9.01. The SMILES string of the molecule is N#Cc1cc(-c2cc(F)cc(C(=O)O)c2)ccc1Cl. The number of carboxylic acids is 1. The van der Waals surface area contributed by atoms with Gasteiger partial charge in [-0.3, -0.25) is 0 Å². The maximum absolute atomic E-state index is 13.4. The van der Waals surface area contributed by atoms with Gasteiger partial charge >= 0.3 is 5.97 Å². The van der Waals surface area contributed by atoms with E-state index in [9.17, 15) is 9.18 Å².